The molecule has 28 heavy (non-hydrogen) atoms. The number of hydrogen-bond donors (Lipinski definition) is 1. The van der Waals surface area contributed by atoms with Crippen LogP contribution >= 0.6 is 15.9 Å². The second-order valence-electron chi connectivity index (χ2n) is 7.51. The first-order valence-corrected chi connectivity index (χ1v) is 11.7. The van der Waals surface area contributed by atoms with Crippen molar-refractivity contribution in [1.82, 2.24) is 4.72 Å². The van der Waals surface area contributed by atoms with Gasteiger partial charge in [-0.1, -0.05) is 28.1 Å². The fourth-order valence-electron chi connectivity index (χ4n) is 3.57. The summed E-state index contributed by atoms with van der Waals surface area (Å²) < 4.78 is 28.0. The third-order valence-corrected chi connectivity index (χ3v) is 6.95. The van der Waals surface area contributed by atoms with E-state index >= 15 is 0 Å². The molecular weight excluding hydrogens is 440 g/mol. The number of nitrogens with zero attached hydrogens (tertiary/aromatic N) is 1. The molecule has 2 aromatic carbocycles. The molecule has 1 N–H and O–H groups in total. The molecule has 0 spiro atoms. The van der Waals surface area contributed by atoms with Crippen LogP contribution in [0.4, 0.5) is 5.69 Å². The Hall–Kier alpha value is -1.70. The molecular formula is C21H25BrN2O3S. The number of benzene rings is 2. The Morgan fingerprint density at radius 2 is 1.89 bits per heavy atom. The average Bonchev–Trinajstić information content (AvgIpc) is 2.93. The summed E-state index contributed by atoms with van der Waals surface area (Å²) in [5, 5.41) is 0. The van der Waals surface area contributed by atoms with Gasteiger partial charge in [-0.25, -0.2) is 13.1 Å². The minimum Gasteiger partial charge on any atom is -0.309 e. The zero-order valence-corrected chi connectivity index (χ0v) is 18.7. The molecule has 1 aliphatic heterocycles. The largest absolute Gasteiger partial charge is 0.309 e. The van der Waals surface area contributed by atoms with Gasteiger partial charge in [0.05, 0.1) is 4.90 Å². The lowest BCUT2D eigenvalue weighted by molar-refractivity contribution is -0.118. The quantitative estimate of drug-likeness (QED) is 0.700. The van der Waals surface area contributed by atoms with Gasteiger partial charge in [0.1, 0.15) is 0 Å². The highest BCUT2D eigenvalue weighted by atomic mass is 79.9. The van der Waals surface area contributed by atoms with Gasteiger partial charge in [0.25, 0.3) is 0 Å². The van der Waals surface area contributed by atoms with Crippen LogP contribution < -0.4 is 9.62 Å². The summed E-state index contributed by atoms with van der Waals surface area (Å²) in [5.41, 5.74) is 3.11. The second-order valence-corrected chi connectivity index (χ2v) is 10.1. The van der Waals surface area contributed by atoms with E-state index in [2.05, 4.69) is 33.6 Å². The van der Waals surface area contributed by atoms with Crippen molar-refractivity contribution < 1.29 is 13.2 Å². The number of fused-ring (bicyclic) bond motifs is 1. The summed E-state index contributed by atoms with van der Waals surface area (Å²) >= 11 is 3.49. The van der Waals surface area contributed by atoms with E-state index in [1.54, 1.807) is 38.1 Å². The van der Waals surface area contributed by atoms with Gasteiger partial charge in [0, 0.05) is 28.7 Å². The van der Waals surface area contributed by atoms with Crippen LogP contribution in [-0.4, -0.2) is 26.4 Å². The van der Waals surface area contributed by atoms with Gasteiger partial charge in [0.15, 0.2) is 0 Å². The molecule has 5 nitrogen and oxygen atoms in total. The van der Waals surface area contributed by atoms with Crippen molar-refractivity contribution in [3.8, 4) is 0 Å². The van der Waals surface area contributed by atoms with E-state index < -0.39 is 10.0 Å². The number of carbonyl (C=O) groups is 1. The van der Waals surface area contributed by atoms with Gasteiger partial charge in [-0.05, 0) is 75.1 Å². The lowest BCUT2D eigenvalue weighted by Crippen LogP contribution is -2.35. The number of carbonyl (C=O) groups excluding carboxylic acids is 1. The molecule has 1 heterocycles. The molecule has 1 aliphatic rings. The maximum absolute atomic E-state index is 12.8. The number of rotatable bonds is 6. The third kappa shape index (κ3) is 4.64. The molecule has 0 fully saturated rings. The van der Waals surface area contributed by atoms with E-state index in [-0.39, 0.29) is 22.9 Å². The first-order valence-electron chi connectivity index (χ1n) is 9.39. The minimum absolute atomic E-state index is 0.0896. The third-order valence-electron chi connectivity index (χ3n) is 4.78. The van der Waals surface area contributed by atoms with E-state index in [0.29, 0.717) is 12.8 Å². The van der Waals surface area contributed by atoms with E-state index in [0.717, 1.165) is 22.1 Å². The first-order chi connectivity index (χ1) is 13.2. The predicted octanol–water partition coefficient (Wildman–Crippen LogP) is 4.05. The molecule has 0 radical (unpaired) electrons. The summed E-state index contributed by atoms with van der Waals surface area (Å²) in [6, 6.07) is 12.7. The maximum Gasteiger partial charge on any atom is 0.240 e. The van der Waals surface area contributed by atoms with Crippen molar-refractivity contribution >= 4 is 37.5 Å². The molecule has 1 amide bonds. The molecule has 0 saturated carbocycles. The number of nitrogens with one attached hydrogen (secondary N) is 1. The fraction of sp³-hybridized carbons (Fsp3) is 0.381. The molecule has 2 aromatic rings. The summed E-state index contributed by atoms with van der Waals surface area (Å²) in [7, 11) is -3.49. The Bertz CT molecular complexity index is 972. The van der Waals surface area contributed by atoms with Gasteiger partial charge in [0.2, 0.25) is 15.9 Å². The molecule has 1 atom stereocenters. The maximum atomic E-state index is 12.8. The molecule has 150 valence electrons. The van der Waals surface area contributed by atoms with E-state index in [9.17, 15) is 13.2 Å². The SMILES string of the molecule is CC(C)NS(=O)(=O)c1ccc(CCC(=O)N2c3ccc(Br)cc3C[C@H]2C)cc1. The minimum atomic E-state index is -3.49. The second kappa shape index (κ2) is 8.35. The molecule has 0 aromatic heterocycles. The van der Waals surface area contributed by atoms with Crippen molar-refractivity contribution in [2.45, 2.75) is 57.0 Å². The molecule has 0 unspecified atom stereocenters. The van der Waals surface area contributed by atoms with Crippen LogP contribution in [0.1, 0.15) is 38.3 Å². The summed E-state index contributed by atoms with van der Waals surface area (Å²) in [6.07, 6.45) is 1.82. The van der Waals surface area contributed by atoms with Gasteiger partial charge < -0.3 is 4.90 Å². The Morgan fingerprint density at radius 3 is 2.54 bits per heavy atom. The van der Waals surface area contributed by atoms with E-state index in [1.807, 2.05) is 17.0 Å². The molecule has 0 bridgehead atoms. The zero-order chi connectivity index (χ0) is 20.5. The Labute approximate surface area is 175 Å². The van der Waals surface area contributed by atoms with Gasteiger partial charge >= 0.3 is 0 Å². The van der Waals surface area contributed by atoms with E-state index in [1.165, 1.54) is 5.56 Å². The number of halogens is 1. The fourth-order valence-corrected chi connectivity index (χ4v) is 5.22. The van der Waals surface area contributed by atoms with Gasteiger partial charge in [-0.3, -0.25) is 4.79 Å². The van der Waals surface area contributed by atoms with Crippen molar-refractivity contribution in [2.24, 2.45) is 0 Å². The number of amides is 1. The number of hydrogen-bond acceptors (Lipinski definition) is 3. The smallest absolute Gasteiger partial charge is 0.240 e. The number of sulfonamides is 1. The van der Waals surface area contributed by atoms with Gasteiger partial charge in [-0.15, -0.1) is 0 Å². The zero-order valence-electron chi connectivity index (χ0n) is 16.3. The molecule has 0 saturated heterocycles. The summed E-state index contributed by atoms with van der Waals surface area (Å²) in [5.74, 6) is 0.0896. The van der Waals surface area contributed by atoms with Crippen LogP contribution in [0.3, 0.4) is 0 Å². The van der Waals surface area contributed by atoms with E-state index in [4.69, 9.17) is 0 Å². The Balaban J connectivity index is 1.66. The van der Waals surface area contributed by atoms with Crippen LogP contribution in [0.15, 0.2) is 51.8 Å². The van der Waals surface area contributed by atoms with Crippen LogP contribution in [0.2, 0.25) is 0 Å². The Morgan fingerprint density at radius 1 is 1.21 bits per heavy atom. The molecule has 3 rings (SSSR count). The van der Waals surface area contributed by atoms with Gasteiger partial charge in [-0.2, -0.15) is 0 Å². The predicted molar refractivity (Wildman–Crippen MR) is 115 cm³/mol. The highest BCUT2D eigenvalue weighted by Crippen LogP contribution is 2.34. The van der Waals surface area contributed by atoms with Crippen LogP contribution in [-0.2, 0) is 27.7 Å². The van der Waals surface area contributed by atoms with Crippen molar-refractivity contribution in [3.63, 3.8) is 0 Å². The Kier molecular flexibility index (Phi) is 6.27. The van der Waals surface area contributed by atoms with Crippen LogP contribution in [0, 0.1) is 0 Å². The van der Waals surface area contributed by atoms with Crippen molar-refractivity contribution in [3.05, 3.63) is 58.1 Å². The van der Waals surface area contributed by atoms with Crippen molar-refractivity contribution in [1.29, 1.82) is 0 Å². The standard InChI is InChI=1S/C21H25BrN2O3S/c1-14(2)23-28(26,27)19-8-4-16(5-9-19)6-11-21(25)24-15(3)12-17-13-18(22)7-10-20(17)24/h4-5,7-10,13-15,23H,6,11-12H2,1-3H3/t15-/m1/s1. The summed E-state index contributed by atoms with van der Waals surface area (Å²) in [6.45, 7) is 5.63. The monoisotopic (exact) mass is 464 g/mol. The van der Waals surface area contributed by atoms with Crippen molar-refractivity contribution in [2.75, 3.05) is 4.90 Å². The molecule has 7 heteroatoms. The molecule has 0 aliphatic carbocycles. The summed E-state index contributed by atoms with van der Waals surface area (Å²) in [4.78, 5) is 15.0. The lowest BCUT2D eigenvalue weighted by atomic mass is 10.1. The van der Waals surface area contributed by atoms with Crippen LogP contribution in [0.5, 0.6) is 0 Å². The average molecular weight is 465 g/mol. The van der Waals surface area contributed by atoms with Crippen LogP contribution in [0.25, 0.3) is 0 Å². The topological polar surface area (TPSA) is 66.5 Å². The first kappa shape index (κ1) is 21.0. The number of anilines is 1. The highest BCUT2D eigenvalue weighted by Gasteiger charge is 2.30. The lowest BCUT2D eigenvalue weighted by Gasteiger charge is -2.23. The normalized spacial score (nSPS) is 16.5. The number of aryl methyl sites for hydroxylation is 1. The highest BCUT2D eigenvalue weighted by molar-refractivity contribution is 9.10.